The number of carbonyl (C=O) groups is 3. The quantitative estimate of drug-likeness (QED) is 0.145. The number of ether oxygens (including phenoxy) is 3. The van der Waals surface area contributed by atoms with Crippen LogP contribution in [0.1, 0.15) is 140 Å². The van der Waals surface area contributed by atoms with E-state index >= 15 is 0 Å². The van der Waals surface area contributed by atoms with Crippen LogP contribution in [0.15, 0.2) is 97.1 Å². The molecule has 4 aliphatic rings. The van der Waals surface area contributed by atoms with Gasteiger partial charge in [-0.15, -0.1) is 0 Å². The zero-order valence-corrected chi connectivity index (χ0v) is 36.7. The molecule has 8 rings (SSSR count). The Labute approximate surface area is 362 Å². The summed E-state index contributed by atoms with van der Waals surface area (Å²) in [7, 11) is 1.50. The SMILES string of the molecule is C.C1CCCCC1.CCC(=O)OCC1c2ccccc2-c2ccccc21.CCOC(C)=O.CCOC(C)=O.CN.c1ccc2c(c1)-c1ccccc1C2CN1CCCCC1. The van der Waals surface area contributed by atoms with Gasteiger partial charge in [-0.05, 0) is 91.3 Å². The third kappa shape index (κ3) is 16.3. The lowest BCUT2D eigenvalue weighted by Crippen LogP contribution is -2.33. The summed E-state index contributed by atoms with van der Waals surface area (Å²) in [5.41, 5.74) is 15.5. The molecule has 0 spiro atoms. The molecule has 0 amide bonds. The van der Waals surface area contributed by atoms with Gasteiger partial charge in [0.2, 0.25) is 0 Å². The molecule has 8 nitrogen and oxygen atoms in total. The van der Waals surface area contributed by atoms with Crippen molar-refractivity contribution in [2.45, 2.75) is 118 Å². The van der Waals surface area contributed by atoms with Gasteiger partial charge in [-0.3, -0.25) is 14.4 Å². The maximum atomic E-state index is 11.4. The van der Waals surface area contributed by atoms with Crippen molar-refractivity contribution in [2.24, 2.45) is 5.73 Å². The predicted molar refractivity (Wildman–Crippen MR) is 248 cm³/mol. The van der Waals surface area contributed by atoms with E-state index in [-0.39, 0.29) is 31.3 Å². The second kappa shape index (κ2) is 29.4. The molecule has 3 aliphatic carbocycles. The van der Waals surface area contributed by atoms with Crippen LogP contribution >= 0.6 is 0 Å². The molecule has 0 bridgehead atoms. The topological polar surface area (TPSA) is 108 Å². The number of fused-ring (bicyclic) bond motifs is 6. The summed E-state index contributed by atoms with van der Waals surface area (Å²) in [4.78, 5) is 33.7. The fraction of sp³-hybridized carbons (Fsp3) is 0.481. The zero-order chi connectivity index (χ0) is 42.8. The fourth-order valence-electron chi connectivity index (χ4n) is 8.04. The maximum absolute atomic E-state index is 11.4. The van der Waals surface area contributed by atoms with Crippen molar-refractivity contribution in [1.29, 1.82) is 0 Å². The van der Waals surface area contributed by atoms with Gasteiger partial charge in [0.25, 0.3) is 0 Å². The first-order valence-electron chi connectivity index (χ1n) is 21.9. The molecule has 2 fully saturated rings. The molecule has 2 N–H and O–H groups in total. The number of nitrogens with zero attached hydrogens (tertiary/aromatic N) is 1. The average molecular weight is 823 g/mol. The summed E-state index contributed by atoms with van der Waals surface area (Å²) in [5.74, 6) is 0.181. The molecule has 4 aromatic carbocycles. The molecular weight excluding hydrogens is 749 g/mol. The average Bonchev–Trinajstić information content (AvgIpc) is 3.77. The van der Waals surface area contributed by atoms with Crippen LogP contribution in [0, 0.1) is 0 Å². The third-order valence-corrected chi connectivity index (χ3v) is 10.7. The van der Waals surface area contributed by atoms with E-state index in [4.69, 9.17) is 4.74 Å². The Balaban J connectivity index is 0.000000285. The monoisotopic (exact) mass is 823 g/mol. The highest BCUT2D eigenvalue weighted by Gasteiger charge is 2.30. The minimum absolute atomic E-state index is 0. The number of hydrogen-bond donors (Lipinski definition) is 1. The largest absolute Gasteiger partial charge is 0.466 e. The standard InChI is InChI=1S/C19H21N.C17H16O2.C6H12.2C4H8O2.CH5N.CH4/c1-6-12-20(13-7-1)14-19-17-10-4-2-8-15(17)16-9-3-5-11-18(16)19;1-2-17(18)19-11-16-14-9-5-3-7-12(14)13-8-4-6-10-15(13)16;1-2-4-6-5-3-1;2*1-3-6-4(2)5;1-2;/h2-5,8-11,19H,1,6-7,12-14H2;3-10,16H,2,11H2,1H3;1-6H2;2*3H2,1-2H3;2H2,1H3;1H4. The van der Waals surface area contributed by atoms with Crippen molar-refractivity contribution < 1.29 is 28.6 Å². The predicted octanol–water partition coefficient (Wildman–Crippen LogP) is 11.7. The van der Waals surface area contributed by atoms with E-state index < -0.39 is 0 Å². The van der Waals surface area contributed by atoms with Gasteiger partial charge < -0.3 is 24.8 Å². The Bertz CT molecular complexity index is 1710. The summed E-state index contributed by atoms with van der Waals surface area (Å²) in [6.07, 6.45) is 13.6. The van der Waals surface area contributed by atoms with Crippen LogP contribution in [0.3, 0.4) is 0 Å². The summed E-state index contributed by atoms with van der Waals surface area (Å²) in [6, 6.07) is 34.6. The first-order chi connectivity index (χ1) is 28.8. The van der Waals surface area contributed by atoms with Gasteiger partial charge in [0.15, 0.2) is 0 Å². The van der Waals surface area contributed by atoms with Crippen LogP contribution < -0.4 is 5.73 Å². The molecule has 8 heteroatoms. The first-order valence-corrected chi connectivity index (χ1v) is 21.9. The van der Waals surface area contributed by atoms with E-state index in [1.54, 1.807) is 13.8 Å². The highest BCUT2D eigenvalue weighted by atomic mass is 16.5. The van der Waals surface area contributed by atoms with Gasteiger partial charge in [-0.1, -0.05) is 156 Å². The number of benzene rings is 4. The number of rotatable bonds is 7. The molecule has 1 aliphatic heterocycles. The van der Waals surface area contributed by atoms with Crippen molar-refractivity contribution in [1.82, 2.24) is 4.90 Å². The minimum atomic E-state index is -0.211. The van der Waals surface area contributed by atoms with E-state index in [2.05, 4.69) is 105 Å². The lowest BCUT2D eigenvalue weighted by atomic mass is 9.95. The molecule has 1 saturated heterocycles. The first kappa shape index (κ1) is 51.4. The van der Waals surface area contributed by atoms with Gasteiger partial charge in [0.05, 0.1) is 13.2 Å². The highest BCUT2D eigenvalue weighted by Crippen LogP contribution is 2.46. The van der Waals surface area contributed by atoms with Crippen LogP contribution in [-0.4, -0.2) is 69.3 Å². The van der Waals surface area contributed by atoms with Crippen molar-refractivity contribution in [3.63, 3.8) is 0 Å². The van der Waals surface area contributed by atoms with Crippen molar-refractivity contribution in [2.75, 3.05) is 46.5 Å². The van der Waals surface area contributed by atoms with Crippen LogP contribution in [0.5, 0.6) is 0 Å². The second-order valence-corrected chi connectivity index (χ2v) is 14.8. The van der Waals surface area contributed by atoms with Gasteiger partial charge in [0.1, 0.15) is 6.61 Å². The number of hydrogen-bond acceptors (Lipinski definition) is 8. The molecule has 4 aromatic rings. The highest BCUT2D eigenvalue weighted by molar-refractivity contribution is 5.80. The van der Waals surface area contributed by atoms with Crippen molar-refractivity contribution in [3.05, 3.63) is 119 Å². The summed E-state index contributed by atoms with van der Waals surface area (Å²) < 4.78 is 14.2. The number of likely N-dealkylation sites (tertiary alicyclic amines) is 1. The van der Waals surface area contributed by atoms with E-state index in [1.807, 2.05) is 19.1 Å². The van der Waals surface area contributed by atoms with Crippen LogP contribution in [0.25, 0.3) is 22.3 Å². The summed E-state index contributed by atoms with van der Waals surface area (Å²) >= 11 is 0. The molecule has 0 atom stereocenters. The van der Waals surface area contributed by atoms with Crippen LogP contribution in [0.2, 0.25) is 0 Å². The number of carbonyl (C=O) groups excluding carboxylic acids is 3. The fourth-order valence-corrected chi connectivity index (χ4v) is 8.04. The van der Waals surface area contributed by atoms with Gasteiger partial charge in [0, 0.05) is 38.6 Å². The Hall–Kier alpha value is -4.79. The molecule has 1 heterocycles. The third-order valence-electron chi connectivity index (χ3n) is 10.7. The van der Waals surface area contributed by atoms with Gasteiger partial charge >= 0.3 is 17.9 Å². The Kier molecular flexibility index (Phi) is 25.2. The van der Waals surface area contributed by atoms with E-state index in [9.17, 15) is 14.4 Å². The number of nitrogens with two attached hydrogens (primary N) is 1. The van der Waals surface area contributed by atoms with Crippen molar-refractivity contribution in [3.8, 4) is 22.3 Å². The zero-order valence-electron chi connectivity index (χ0n) is 36.7. The van der Waals surface area contributed by atoms with E-state index in [1.165, 1.54) is 143 Å². The van der Waals surface area contributed by atoms with Crippen LogP contribution in [0.4, 0.5) is 0 Å². The number of piperidine rings is 1. The van der Waals surface area contributed by atoms with E-state index in [0.29, 0.717) is 32.2 Å². The van der Waals surface area contributed by atoms with Gasteiger partial charge in [-0.25, -0.2) is 0 Å². The van der Waals surface area contributed by atoms with Gasteiger partial charge in [-0.2, -0.15) is 0 Å². The Morgan fingerprint density at radius 3 is 1.13 bits per heavy atom. The molecule has 0 unspecified atom stereocenters. The van der Waals surface area contributed by atoms with Crippen LogP contribution in [-0.2, 0) is 28.6 Å². The Morgan fingerprint density at radius 2 is 0.833 bits per heavy atom. The Morgan fingerprint density at radius 1 is 0.517 bits per heavy atom. The summed E-state index contributed by atoms with van der Waals surface area (Å²) in [6.45, 7) is 13.3. The molecule has 1 saturated carbocycles. The molecule has 0 radical (unpaired) electrons. The lowest BCUT2D eigenvalue weighted by Gasteiger charge is -2.29. The number of esters is 3. The summed E-state index contributed by atoms with van der Waals surface area (Å²) in [5, 5.41) is 0. The minimum Gasteiger partial charge on any atom is -0.466 e. The maximum Gasteiger partial charge on any atom is 0.305 e. The molecule has 0 aromatic heterocycles. The normalized spacial score (nSPS) is 14.4. The molecular formula is C52H74N2O6. The van der Waals surface area contributed by atoms with Crippen molar-refractivity contribution >= 4 is 17.9 Å². The molecule has 328 valence electrons. The van der Waals surface area contributed by atoms with E-state index in [0.717, 1.165) is 0 Å². The smallest absolute Gasteiger partial charge is 0.305 e. The second-order valence-electron chi connectivity index (χ2n) is 14.8. The molecule has 60 heavy (non-hydrogen) atoms. The lowest BCUT2D eigenvalue weighted by molar-refractivity contribution is -0.143.